The summed E-state index contributed by atoms with van der Waals surface area (Å²) in [5.74, 6) is 0. The van der Waals surface area contributed by atoms with E-state index in [1.54, 1.807) is 0 Å². The van der Waals surface area contributed by atoms with Crippen molar-refractivity contribution in [1.29, 1.82) is 0 Å². The van der Waals surface area contributed by atoms with Crippen LogP contribution in [-0.2, 0) is 15.7 Å². The van der Waals surface area contributed by atoms with Crippen LogP contribution in [-0.4, -0.2) is 27.1 Å². The second kappa shape index (κ2) is 5.88. The highest BCUT2D eigenvalue weighted by Crippen LogP contribution is 2.43. The van der Waals surface area contributed by atoms with Crippen LogP contribution < -0.4 is 11.1 Å². The molecule has 2 heterocycles. The third-order valence-corrected chi connectivity index (χ3v) is 10.2. The fraction of sp³-hybridized carbons (Fsp3) is 0.667. The lowest BCUT2D eigenvalue weighted by molar-refractivity contribution is -0.0620. The molecule has 23 heavy (non-hydrogen) atoms. The highest BCUT2D eigenvalue weighted by molar-refractivity contribution is 6.74. The van der Waals surface area contributed by atoms with Gasteiger partial charge in [0.25, 0.3) is 0 Å². The molecule has 4 nitrogen and oxygen atoms in total. The maximum atomic E-state index is 6.62. The normalized spacial score (nSPS) is 27.3. The van der Waals surface area contributed by atoms with Gasteiger partial charge in [-0.2, -0.15) is 0 Å². The molecule has 0 amide bonds. The Morgan fingerprint density at radius 1 is 1.35 bits per heavy atom. The van der Waals surface area contributed by atoms with Crippen molar-refractivity contribution in [3.8, 4) is 0 Å². The lowest BCUT2D eigenvalue weighted by Crippen LogP contribution is -2.54. The average molecular weight is 335 g/mol. The Bertz CT molecular complexity index is 583. The van der Waals surface area contributed by atoms with Crippen LogP contribution in [0, 0.1) is 0 Å². The van der Waals surface area contributed by atoms with Crippen molar-refractivity contribution in [2.24, 2.45) is 5.73 Å². The molecular weight excluding hydrogens is 304 g/mol. The van der Waals surface area contributed by atoms with E-state index in [9.17, 15) is 0 Å². The van der Waals surface area contributed by atoms with Crippen molar-refractivity contribution in [2.45, 2.75) is 70.1 Å². The molecule has 1 aromatic carbocycles. The Morgan fingerprint density at radius 2 is 2.09 bits per heavy atom. The van der Waals surface area contributed by atoms with Gasteiger partial charge in [-0.05, 0) is 35.8 Å². The van der Waals surface area contributed by atoms with E-state index in [0.29, 0.717) is 19.2 Å². The molecule has 3 rings (SSSR count). The predicted molar refractivity (Wildman–Crippen MR) is 97.1 cm³/mol. The molecule has 0 spiro atoms. The van der Waals surface area contributed by atoms with E-state index < -0.39 is 8.32 Å². The quantitative estimate of drug-likeness (QED) is 0.826. The largest absolute Gasteiger partial charge is 0.409 e. The molecule has 0 aromatic heterocycles. The Kier molecular flexibility index (Phi) is 4.34. The van der Waals surface area contributed by atoms with Gasteiger partial charge in [0.1, 0.15) is 0 Å². The van der Waals surface area contributed by atoms with Crippen LogP contribution in [0.25, 0.3) is 0 Å². The zero-order valence-electron chi connectivity index (χ0n) is 15.0. The zero-order valence-corrected chi connectivity index (χ0v) is 16.0. The number of nitrogens with two attached hydrogens (primary N) is 1. The van der Waals surface area contributed by atoms with Crippen LogP contribution in [0.5, 0.6) is 0 Å². The van der Waals surface area contributed by atoms with Gasteiger partial charge in [0.05, 0.1) is 24.9 Å². The van der Waals surface area contributed by atoms with Crippen molar-refractivity contribution < 1.29 is 9.16 Å². The molecular formula is C18H30N2O2Si. The van der Waals surface area contributed by atoms with Crippen LogP contribution in [0.3, 0.4) is 0 Å². The van der Waals surface area contributed by atoms with E-state index in [-0.39, 0.29) is 17.2 Å². The fourth-order valence-electron chi connectivity index (χ4n) is 3.15. The van der Waals surface area contributed by atoms with Crippen molar-refractivity contribution >= 4 is 14.0 Å². The van der Waals surface area contributed by atoms with Gasteiger partial charge >= 0.3 is 0 Å². The number of fused-ring (bicyclic) bond motifs is 4. The molecule has 1 saturated heterocycles. The van der Waals surface area contributed by atoms with Gasteiger partial charge in [0, 0.05) is 24.2 Å². The molecule has 2 aliphatic heterocycles. The minimum atomic E-state index is -1.79. The summed E-state index contributed by atoms with van der Waals surface area (Å²) in [6, 6.07) is 6.74. The monoisotopic (exact) mass is 334 g/mol. The van der Waals surface area contributed by atoms with Crippen LogP contribution >= 0.6 is 0 Å². The van der Waals surface area contributed by atoms with E-state index in [4.69, 9.17) is 14.9 Å². The highest BCUT2D eigenvalue weighted by Gasteiger charge is 2.44. The van der Waals surface area contributed by atoms with Gasteiger partial charge in [-0.3, -0.25) is 0 Å². The molecule has 128 valence electrons. The van der Waals surface area contributed by atoms with E-state index in [1.165, 1.54) is 11.3 Å². The summed E-state index contributed by atoms with van der Waals surface area (Å²) >= 11 is 0. The summed E-state index contributed by atoms with van der Waals surface area (Å²) in [5, 5.41) is 3.89. The number of anilines is 1. The van der Waals surface area contributed by atoms with E-state index in [1.807, 2.05) is 0 Å². The number of benzene rings is 1. The molecule has 0 saturated carbocycles. The standard InChI is InChI=1S/C18H30N2O2Si/c1-18(2,3)23(4,5)22-17-11-21-16-9-15(17)20-14-7-6-12(10-19)8-13(14)16/h6-8,15-17,20H,9-11,19H2,1-5H3/t15-,16+,17?/m0/s1. The summed E-state index contributed by atoms with van der Waals surface area (Å²) in [6.07, 6.45) is 1.27. The second-order valence-electron chi connectivity index (χ2n) is 8.35. The molecule has 5 heteroatoms. The fourth-order valence-corrected chi connectivity index (χ4v) is 4.50. The summed E-state index contributed by atoms with van der Waals surface area (Å²) in [7, 11) is -1.79. The van der Waals surface area contributed by atoms with Crippen LogP contribution in [0.4, 0.5) is 5.69 Å². The first-order chi connectivity index (χ1) is 10.7. The maximum absolute atomic E-state index is 6.62. The zero-order chi connectivity index (χ0) is 16.8. The summed E-state index contributed by atoms with van der Waals surface area (Å²) in [4.78, 5) is 0. The van der Waals surface area contributed by atoms with Gasteiger partial charge in [0.2, 0.25) is 0 Å². The van der Waals surface area contributed by atoms with Crippen LogP contribution in [0.1, 0.15) is 44.4 Å². The van der Waals surface area contributed by atoms with Crippen molar-refractivity contribution in [3.05, 3.63) is 29.3 Å². The van der Waals surface area contributed by atoms with Crippen molar-refractivity contribution in [3.63, 3.8) is 0 Å². The Labute approximate surface area is 140 Å². The molecule has 2 bridgehead atoms. The Morgan fingerprint density at radius 3 is 2.74 bits per heavy atom. The topological polar surface area (TPSA) is 56.5 Å². The van der Waals surface area contributed by atoms with Gasteiger partial charge in [-0.25, -0.2) is 0 Å². The minimum absolute atomic E-state index is 0.134. The second-order valence-corrected chi connectivity index (χ2v) is 13.1. The molecule has 0 radical (unpaired) electrons. The van der Waals surface area contributed by atoms with Crippen LogP contribution in [0.2, 0.25) is 18.1 Å². The van der Waals surface area contributed by atoms with Gasteiger partial charge in [-0.15, -0.1) is 0 Å². The van der Waals surface area contributed by atoms with Crippen molar-refractivity contribution in [2.75, 3.05) is 11.9 Å². The van der Waals surface area contributed by atoms with Gasteiger partial charge < -0.3 is 20.2 Å². The summed E-state index contributed by atoms with van der Waals surface area (Å²) in [5.41, 5.74) is 9.34. The number of rotatable bonds is 3. The Hall–Kier alpha value is -0.883. The molecule has 1 fully saturated rings. The first-order valence-electron chi connectivity index (χ1n) is 8.60. The molecule has 3 N–H and O–H groups in total. The molecule has 1 aromatic rings. The van der Waals surface area contributed by atoms with Gasteiger partial charge in [-0.1, -0.05) is 26.8 Å². The summed E-state index contributed by atoms with van der Waals surface area (Å²) in [6.45, 7) is 12.7. The lowest BCUT2D eigenvalue weighted by Gasteiger charge is -2.47. The third-order valence-electron chi connectivity index (χ3n) is 5.67. The smallest absolute Gasteiger partial charge is 0.192 e. The molecule has 0 aliphatic carbocycles. The average Bonchev–Trinajstić information content (AvgIpc) is 2.48. The van der Waals surface area contributed by atoms with Crippen LogP contribution in [0.15, 0.2) is 18.2 Å². The lowest BCUT2D eigenvalue weighted by atomic mass is 9.89. The maximum Gasteiger partial charge on any atom is 0.192 e. The first-order valence-corrected chi connectivity index (χ1v) is 11.5. The predicted octanol–water partition coefficient (Wildman–Crippen LogP) is 3.79. The van der Waals surface area contributed by atoms with E-state index in [2.05, 4.69) is 57.4 Å². The van der Waals surface area contributed by atoms with Crippen molar-refractivity contribution in [1.82, 2.24) is 0 Å². The number of hydrogen-bond acceptors (Lipinski definition) is 4. The minimum Gasteiger partial charge on any atom is -0.409 e. The Balaban J connectivity index is 1.79. The molecule has 3 atom stereocenters. The molecule has 2 aliphatic rings. The number of ether oxygens (including phenoxy) is 1. The molecule has 1 unspecified atom stereocenters. The summed E-state index contributed by atoms with van der Waals surface area (Å²) < 4.78 is 12.8. The third kappa shape index (κ3) is 3.20. The highest BCUT2D eigenvalue weighted by atomic mass is 28.4. The van der Waals surface area contributed by atoms with E-state index >= 15 is 0 Å². The first kappa shape index (κ1) is 17.0. The van der Waals surface area contributed by atoms with Gasteiger partial charge in [0.15, 0.2) is 8.32 Å². The SMILES string of the molecule is CC(C)(C)[Si](C)(C)OC1CO[C@@H]2C[C@@H]1Nc1ccc(CN)cc12. The number of nitrogens with one attached hydrogen (secondary N) is 1. The number of hydrogen-bond donors (Lipinski definition) is 2. The van der Waals surface area contributed by atoms with E-state index in [0.717, 1.165) is 12.0 Å².